The molecule has 1 aromatic carbocycles. The lowest BCUT2D eigenvalue weighted by Gasteiger charge is -2.21. The van der Waals surface area contributed by atoms with E-state index in [1.807, 2.05) is 0 Å². The molecule has 1 heterocycles. The zero-order valence-electron chi connectivity index (χ0n) is 9.41. The van der Waals surface area contributed by atoms with Gasteiger partial charge in [-0.2, -0.15) is 0 Å². The zero-order valence-corrected chi connectivity index (χ0v) is 10.2. The molecule has 1 aliphatic heterocycles. The highest BCUT2D eigenvalue weighted by atomic mass is 32.2. The molecule has 18 heavy (non-hydrogen) atoms. The first kappa shape index (κ1) is 12.4. The number of carboxylic acid groups (broad SMARTS) is 1. The molecule has 1 unspecified atom stereocenters. The average molecular weight is 269 g/mol. The largest absolute Gasteiger partial charge is 0.480 e. The molecule has 1 aromatic rings. The number of aliphatic carboxylic acids is 1. The summed E-state index contributed by atoms with van der Waals surface area (Å²) in [6, 6.07) is 5.25. The van der Waals surface area contributed by atoms with Gasteiger partial charge in [-0.05, 0) is 19.1 Å². The highest BCUT2D eigenvalue weighted by Crippen LogP contribution is 2.23. The smallest absolute Gasteiger partial charge is 0.328 e. The van der Waals surface area contributed by atoms with Crippen LogP contribution in [0.2, 0.25) is 0 Å². The van der Waals surface area contributed by atoms with Crippen LogP contribution < -0.4 is 10.0 Å². The fourth-order valence-electron chi connectivity index (χ4n) is 1.45. The van der Waals surface area contributed by atoms with E-state index in [0.717, 1.165) is 0 Å². The van der Waals surface area contributed by atoms with E-state index in [2.05, 4.69) is 15.0 Å². The number of nitrogens with zero attached hydrogens (tertiary/aromatic N) is 1. The molecule has 0 saturated heterocycles. The molecule has 0 radical (unpaired) electrons. The molecule has 0 spiro atoms. The molecule has 96 valence electrons. The standard InChI is InChI=1S/C10H11N3O4S/c1-6(9(14)15)11-10-12-7-4-2-3-5-8(7)18(16,17)13-10/h2-6H,1H3,(H,14,15)(H2,11,12,13). The third-order valence-corrected chi connectivity index (χ3v) is 3.74. The second-order valence-corrected chi connectivity index (χ2v) is 5.37. The van der Waals surface area contributed by atoms with E-state index < -0.39 is 22.0 Å². The van der Waals surface area contributed by atoms with Gasteiger partial charge in [0.2, 0.25) is 5.96 Å². The Hall–Kier alpha value is -2.09. The van der Waals surface area contributed by atoms with Crippen LogP contribution in [0, 0.1) is 0 Å². The van der Waals surface area contributed by atoms with Crippen molar-refractivity contribution in [2.75, 3.05) is 5.32 Å². The van der Waals surface area contributed by atoms with Crippen LogP contribution >= 0.6 is 0 Å². The topological polar surface area (TPSA) is 108 Å². The highest BCUT2D eigenvalue weighted by Gasteiger charge is 2.26. The summed E-state index contributed by atoms with van der Waals surface area (Å²) in [6.45, 7) is 1.35. The first-order valence-electron chi connectivity index (χ1n) is 5.09. The molecular weight excluding hydrogens is 258 g/mol. The van der Waals surface area contributed by atoms with Crippen molar-refractivity contribution in [2.24, 2.45) is 4.99 Å². The Bertz CT molecular complexity index is 624. The van der Waals surface area contributed by atoms with Crippen LogP contribution in [0.1, 0.15) is 6.92 Å². The van der Waals surface area contributed by atoms with E-state index in [1.54, 1.807) is 18.2 Å². The van der Waals surface area contributed by atoms with Gasteiger partial charge in [0.25, 0.3) is 10.0 Å². The lowest BCUT2D eigenvalue weighted by atomic mass is 10.3. The number of para-hydroxylation sites is 1. The minimum atomic E-state index is -3.70. The van der Waals surface area contributed by atoms with Crippen LogP contribution in [-0.2, 0) is 14.8 Å². The highest BCUT2D eigenvalue weighted by molar-refractivity contribution is 7.90. The van der Waals surface area contributed by atoms with Gasteiger partial charge in [0.1, 0.15) is 10.9 Å². The van der Waals surface area contributed by atoms with Crippen molar-refractivity contribution >= 4 is 27.6 Å². The normalized spacial score (nSPS) is 20.4. The van der Waals surface area contributed by atoms with Crippen molar-refractivity contribution in [3.05, 3.63) is 24.3 Å². The molecule has 0 amide bonds. The maximum absolute atomic E-state index is 11.9. The Morgan fingerprint density at radius 1 is 1.39 bits per heavy atom. The summed E-state index contributed by atoms with van der Waals surface area (Å²) in [5.74, 6) is -1.23. The van der Waals surface area contributed by atoms with E-state index >= 15 is 0 Å². The second-order valence-electron chi connectivity index (χ2n) is 3.72. The predicted molar refractivity (Wildman–Crippen MR) is 64.9 cm³/mol. The molecule has 0 aromatic heterocycles. The Labute approximate surface area is 104 Å². The third kappa shape index (κ3) is 2.28. The van der Waals surface area contributed by atoms with Crippen molar-refractivity contribution in [1.29, 1.82) is 0 Å². The van der Waals surface area contributed by atoms with Gasteiger partial charge in [-0.15, -0.1) is 0 Å². The van der Waals surface area contributed by atoms with Crippen LogP contribution in [0.3, 0.4) is 0 Å². The van der Waals surface area contributed by atoms with Gasteiger partial charge in [-0.3, -0.25) is 0 Å². The molecule has 3 N–H and O–H groups in total. The number of hydrogen-bond donors (Lipinski definition) is 3. The van der Waals surface area contributed by atoms with E-state index in [1.165, 1.54) is 13.0 Å². The summed E-state index contributed by atoms with van der Waals surface area (Å²) in [5, 5.41) is 11.5. The summed E-state index contributed by atoms with van der Waals surface area (Å²) in [7, 11) is -3.70. The van der Waals surface area contributed by atoms with Gasteiger partial charge in [0.05, 0.1) is 5.69 Å². The summed E-state index contributed by atoms with van der Waals surface area (Å²) in [6.07, 6.45) is 0. The average Bonchev–Trinajstić information content (AvgIpc) is 2.28. The Morgan fingerprint density at radius 3 is 2.72 bits per heavy atom. The van der Waals surface area contributed by atoms with Crippen molar-refractivity contribution in [3.8, 4) is 0 Å². The first-order valence-corrected chi connectivity index (χ1v) is 6.58. The van der Waals surface area contributed by atoms with Gasteiger partial charge in [0.15, 0.2) is 0 Å². The quantitative estimate of drug-likeness (QED) is 0.711. The second kappa shape index (κ2) is 4.30. The van der Waals surface area contributed by atoms with Gasteiger partial charge < -0.3 is 10.4 Å². The van der Waals surface area contributed by atoms with Crippen LogP contribution in [0.25, 0.3) is 0 Å². The molecule has 2 rings (SSSR count). The van der Waals surface area contributed by atoms with E-state index in [-0.39, 0.29) is 10.9 Å². The maximum atomic E-state index is 11.9. The number of carbonyl (C=O) groups is 1. The SMILES string of the molecule is CC(N=C1Nc2ccccc2S(=O)(=O)N1)C(=O)O. The molecule has 0 aliphatic carbocycles. The molecule has 1 aliphatic rings. The lowest BCUT2D eigenvalue weighted by molar-refractivity contribution is -0.137. The zero-order chi connectivity index (χ0) is 13.3. The molecule has 7 nitrogen and oxygen atoms in total. The monoisotopic (exact) mass is 269 g/mol. The minimum absolute atomic E-state index is 0.0939. The molecule has 0 saturated carbocycles. The minimum Gasteiger partial charge on any atom is -0.480 e. The number of aliphatic imine (C=N–C) groups is 1. The molecule has 0 bridgehead atoms. The number of carboxylic acids is 1. The van der Waals surface area contributed by atoms with Gasteiger partial charge in [-0.25, -0.2) is 22.9 Å². The van der Waals surface area contributed by atoms with E-state index in [4.69, 9.17) is 5.11 Å². The fourth-order valence-corrected chi connectivity index (χ4v) is 2.58. The summed E-state index contributed by atoms with van der Waals surface area (Å²) in [5.41, 5.74) is 0.368. The van der Waals surface area contributed by atoms with Gasteiger partial charge in [-0.1, -0.05) is 12.1 Å². The lowest BCUT2D eigenvalue weighted by Crippen LogP contribution is -2.41. The van der Waals surface area contributed by atoms with Crippen LogP contribution in [0.5, 0.6) is 0 Å². The van der Waals surface area contributed by atoms with Crippen molar-refractivity contribution < 1.29 is 18.3 Å². The number of rotatable bonds is 2. The number of fused-ring (bicyclic) bond motifs is 1. The summed E-state index contributed by atoms with van der Waals surface area (Å²) in [4.78, 5) is 14.5. The Morgan fingerprint density at radius 2 is 2.06 bits per heavy atom. The number of sulfonamides is 1. The number of guanidine groups is 1. The maximum Gasteiger partial charge on any atom is 0.328 e. The molecule has 8 heteroatoms. The van der Waals surface area contributed by atoms with Crippen molar-refractivity contribution in [1.82, 2.24) is 4.72 Å². The first-order chi connectivity index (χ1) is 8.40. The van der Waals surface area contributed by atoms with Crippen LogP contribution in [0.4, 0.5) is 5.69 Å². The van der Waals surface area contributed by atoms with Crippen LogP contribution in [0.15, 0.2) is 34.2 Å². The fraction of sp³-hybridized carbons (Fsp3) is 0.200. The summed E-state index contributed by atoms with van der Waals surface area (Å²) < 4.78 is 25.9. The predicted octanol–water partition coefficient (Wildman–Crippen LogP) is 0.220. The van der Waals surface area contributed by atoms with Crippen molar-refractivity contribution in [2.45, 2.75) is 17.9 Å². The van der Waals surface area contributed by atoms with Crippen LogP contribution in [-0.4, -0.2) is 31.5 Å². The van der Waals surface area contributed by atoms with Crippen molar-refractivity contribution in [3.63, 3.8) is 0 Å². The Kier molecular flexibility index (Phi) is 2.95. The molecular formula is C10H11N3O4S. The summed E-state index contributed by atoms with van der Waals surface area (Å²) >= 11 is 0. The molecule has 0 fully saturated rings. The van der Waals surface area contributed by atoms with Gasteiger partial charge >= 0.3 is 5.97 Å². The number of nitrogens with one attached hydrogen (secondary N) is 2. The third-order valence-electron chi connectivity index (χ3n) is 2.34. The number of benzene rings is 1. The van der Waals surface area contributed by atoms with E-state index in [9.17, 15) is 13.2 Å². The number of anilines is 1. The van der Waals surface area contributed by atoms with Gasteiger partial charge in [0, 0.05) is 0 Å². The molecule has 1 atom stereocenters. The number of hydrogen-bond acceptors (Lipinski definition) is 4. The van der Waals surface area contributed by atoms with E-state index in [0.29, 0.717) is 5.69 Å². The Balaban J connectivity index is 2.41.